The number of azo groups is 2. The van der Waals surface area contributed by atoms with Crippen LogP contribution in [0.25, 0.3) is 21.5 Å². The first-order valence-electron chi connectivity index (χ1n) is 19.5. The summed E-state index contributed by atoms with van der Waals surface area (Å²) < 4.78 is 121. The van der Waals surface area contributed by atoms with Crippen LogP contribution in [0.4, 0.5) is 22.7 Å². The van der Waals surface area contributed by atoms with E-state index in [0.717, 1.165) is 39.6 Å². The smallest absolute Gasteiger partial charge is 0.294 e. The molecule has 0 aliphatic heterocycles. The van der Waals surface area contributed by atoms with Gasteiger partial charge in [-0.25, -0.2) is 9.78 Å². The summed E-state index contributed by atoms with van der Waals surface area (Å²) in [6, 6.07) is 23.9. The third kappa shape index (κ3) is 10.4. The highest BCUT2D eigenvalue weighted by Gasteiger charge is 2.25. The van der Waals surface area contributed by atoms with Crippen LogP contribution in [-0.4, -0.2) is 77.1 Å². The molecule has 0 atom stereocenters. The molecule has 348 valence electrons. The molecular weight excluding hydrogens is 951 g/mol. The van der Waals surface area contributed by atoms with Gasteiger partial charge in [-0.05, 0) is 84.6 Å². The van der Waals surface area contributed by atoms with Crippen molar-refractivity contribution in [1.82, 2.24) is 15.0 Å². The van der Waals surface area contributed by atoms with Crippen molar-refractivity contribution in [3.63, 3.8) is 0 Å². The highest BCUT2D eigenvalue weighted by atomic mass is 32.2. The summed E-state index contributed by atoms with van der Waals surface area (Å²) in [5.41, 5.74) is 3.11. The summed E-state index contributed by atoms with van der Waals surface area (Å²) in [6.45, 7) is 3.55. The first kappa shape index (κ1) is 48.4. The molecule has 7 rings (SSSR count). The Balaban J connectivity index is 1.10. The number of hydrogen-bond acceptors (Lipinski definition) is 19. The Morgan fingerprint density at radius 1 is 0.478 bits per heavy atom. The molecule has 24 heteroatoms. The minimum atomic E-state index is -4.31. The van der Waals surface area contributed by atoms with Crippen LogP contribution in [0.1, 0.15) is 33.9 Å². The molecule has 6 aromatic carbocycles. The molecule has 0 unspecified atom stereocenters. The normalized spacial score (nSPS) is 12.8. The molecule has 20 nitrogen and oxygen atoms in total. The van der Waals surface area contributed by atoms with Crippen molar-refractivity contribution in [2.75, 3.05) is 28.4 Å². The van der Waals surface area contributed by atoms with E-state index < -0.39 is 46.2 Å². The number of nitrogens with one attached hydrogen (secondary N) is 1. The Hall–Kier alpha value is -6.51. The lowest BCUT2D eigenvalue weighted by Gasteiger charge is -2.11. The van der Waals surface area contributed by atoms with Crippen molar-refractivity contribution < 1.29 is 50.4 Å². The van der Waals surface area contributed by atoms with Crippen LogP contribution in [0.5, 0.6) is 0 Å². The minimum Gasteiger partial charge on any atom is -0.294 e. The molecule has 0 amide bonds. The number of nitrogens with zero attached hydrogens (tertiary/aromatic N) is 6. The van der Waals surface area contributed by atoms with Gasteiger partial charge in [0.05, 0.1) is 51.2 Å². The summed E-state index contributed by atoms with van der Waals surface area (Å²) in [6.07, 6.45) is 0.385. The summed E-state index contributed by atoms with van der Waals surface area (Å²) in [5, 5.41) is 17.3. The van der Waals surface area contributed by atoms with E-state index in [-0.39, 0.29) is 71.2 Å². The van der Waals surface area contributed by atoms with E-state index in [9.17, 15) is 38.5 Å². The molecule has 0 saturated carbocycles. The van der Waals surface area contributed by atoms with E-state index in [1.807, 2.05) is 6.07 Å². The second-order valence-corrected chi connectivity index (χ2v) is 21.3. The number of benzene rings is 6. The number of fused-ring (bicyclic) bond motifs is 2. The molecule has 1 aromatic heterocycles. The van der Waals surface area contributed by atoms with Crippen molar-refractivity contribution in [2.45, 2.75) is 46.3 Å². The first-order valence-corrected chi connectivity index (χ1v) is 25.2. The maximum Gasteiger partial charge on any atom is 0.348 e. The predicted octanol–water partition coefficient (Wildman–Crippen LogP) is 7.44. The first-order chi connectivity index (χ1) is 31.7. The molecule has 0 spiro atoms. The van der Waals surface area contributed by atoms with Crippen LogP contribution >= 0.6 is 0 Å². The average Bonchev–Trinajstić information content (AvgIpc) is 3.29. The molecule has 0 fully saturated rings. The molecule has 0 aliphatic rings. The summed E-state index contributed by atoms with van der Waals surface area (Å²) in [5.74, 6) is 0.578. The number of H-pyrrole nitrogens is 1. The topological polar surface area (TPSA) is 282 Å². The Bertz CT molecular complexity index is 3470. The van der Waals surface area contributed by atoms with Crippen LogP contribution in [0.15, 0.2) is 142 Å². The largest absolute Gasteiger partial charge is 0.348 e. The fourth-order valence-corrected chi connectivity index (χ4v) is 10.6. The predicted molar refractivity (Wildman–Crippen MR) is 244 cm³/mol. The van der Waals surface area contributed by atoms with Gasteiger partial charge >= 0.3 is 5.69 Å². The van der Waals surface area contributed by atoms with Crippen LogP contribution in [0, 0.1) is 13.8 Å². The number of aryl methyl sites for hydroxylation is 2. The number of hydrogen-bond donors (Lipinski definition) is 1. The summed E-state index contributed by atoms with van der Waals surface area (Å²) >= 11 is 0. The zero-order chi connectivity index (χ0) is 48.5. The molecule has 0 aliphatic carbocycles. The zero-order valence-electron chi connectivity index (χ0n) is 36.3. The maximum absolute atomic E-state index is 12.9. The second-order valence-electron chi connectivity index (χ2n) is 14.6. The number of aromatic nitrogens is 3. The van der Waals surface area contributed by atoms with E-state index in [2.05, 4.69) is 35.4 Å². The van der Waals surface area contributed by atoms with Crippen LogP contribution in [-0.2, 0) is 70.0 Å². The van der Waals surface area contributed by atoms with Gasteiger partial charge < -0.3 is 0 Å². The van der Waals surface area contributed by atoms with Crippen molar-refractivity contribution in [3.05, 3.63) is 141 Å². The van der Waals surface area contributed by atoms with Crippen LogP contribution in [0.2, 0.25) is 0 Å². The summed E-state index contributed by atoms with van der Waals surface area (Å²) in [4.78, 5) is 22.9. The quantitative estimate of drug-likeness (QED) is 0.0727. The Kier molecular flexibility index (Phi) is 13.7. The van der Waals surface area contributed by atoms with Gasteiger partial charge in [-0.2, -0.15) is 59.1 Å². The van der Waals surface area contributed by atoms with Gasteiger partial charge in [-0.15, -0.1) is 0 Å². The Morgan fingerprint density at radius 2 is 0.896 bits per heavy atom. The minimum absolute atomic E-state index is 0.0274. The second kappa shape index (κ2) is 19.0. The number of aromatic amines is 1. The monoisotopic (exact) mass is 989 g/mol. The van der Waals surface area contributed by atoms with Gasteiger partial charge in [0.15, 0.2) is 0 Å². The molecule has 0 radical (unpaired) electrons. The third-order valence-electron chi connectivity index (χ3n) is 10.3. The van der Waals surface area contributed by atoms with E-state index in [0.29, 0.717) is 28.3 Å². The Labute approximate surface area is 384 Å². The molecular formula is C43H39N7O13S4. The molecule has 67 heavy (non-hydrogen) atoms. The van der Waals surface area contributed by atoms with E-state index in [4.69, 9.17) is 16.7 Å². The van der Waals surface area contributed by atoms with Crippen molar-refractivity contribution in [3.8, 4) is 0 Å². The summed E-state index contributed by atoms with van der Waals surface area (Å²) in [7, 11) is -13.1. The average molecular weight is 990 g/mol. The molecule has 0 saturated heterocycles. The van der Waals surface area contributed by atoms with E-state index in [1.54, 1.807) is 44.2 Å². The maximum atomic E-state index is 12.9. The van der Waals surface area contributed by atoms with Gasteiger partial charge in [-0.3, -0.25) is 21.7 Å². The molecule has 1 heterocycles. The van der Waals surface area contributed by atoms with Crippen molar-refractivity contribution in [1.29, 1.82) is 0 Å². The lowest BCUT2D eigenvalue weighted by Crippen LogP contribution is -2.18. The zero-order valence-corrected chi connectivity index (χ0v) is 39.5. The standard InChI is InChI=1S/C43H39N7O13S4/c1-25-17-27(13-15-35(25)49-47-29-21-33-31(39(23-29)66(56,57)62-5)9-7-11-37(33)64(52,53)60-3)19-41-44-42(46-43(51)45-41)20-28-14-16-36(26(2)18-28)50-48-30-22-34-32(40(24-30)67(58,59)63-6)10-8-12-38(34)65(54,55)61-4/h7-18,21-24H,19-20H2,1-6H3,(H,44,45,46,51). The SMILES string of the molecule is COS(=O)(=O)c1cc(N=Nc2ccc(Cc3nc(Cc4ccc(N=Nc5cc(S(=O)(=O)OC)c6cccc(S(=O)(=O)OC)c6c5)c(C)c4)[nH]c(=O)n3)cc2C)cc2c(S(=O)(=O)OC)cccc12. The van der Waals surface area contributed by atoms with Gasteiger partial charge in [0.2, 0.25) is 0 Å². The van der Waals surface area contributed by atoms with Crippen LogP contribution < -0.4 is 5.69 Å². The molecule has 1 N–H and O–H groups in total. The third-order valence-corrected chi connectivity index (χ3v) is 15.6. The fraction of sp³-hybridized carbons (Fsp3) is 0.186. The van der Waals surface area contributed by atoms with Gasteiger partial charge in [0.25, 0.3) is 40.5 Å². The lowest BCUT2D eigenvalue weighted by molar-refractivity contribution is 0.397. The Morgan fingerprint density at radius 3 is 1.31 bits per heavy atom. The molecule has 0 bridgehead atoms. The van der Waals surface area contributed by atoms with Crippen molar-refractivity contribution in [2.24, 2.45) is 20.5 Å². The van der Waals surface area contributed by atoms with Gasteiger partial charge in [0, 0.05) is 34.4 Å². The number of rotatable bonds is 16. The lowest BCUT2D eigenvalue weighted by atomic mass is 10.1. The fourth-order valence-electron chi connectivity index (χ4n) is 7.06. The molecule has 7 aromatic rings. The highest BCUT2D eigenvalue weighted by Crippen LogP contribution is 2.37. The van der Waals surface area contributed by atoms with Crippen molar-refractivity contribution >= 4 is 84.8 Å². The highest BCUT2D eigenvalue weighted by molar-refractivity contribution is 7.88. The van der Waals surface area contributed by atoms with E-state index >= 15 is 0 Å². The van der Waals surface area contributed by atoms with E-state index in [1.165, 1.54) is 60.7 Å². The van der Waals surface area contributed by atoms with Gasteiger partial charge in [0.1, 0.15) is 31.2 Å². The van der Waals surface area contributed by atoms with Crippen LogP contribution in [0.3, 0.4) is 0 Å². The van der Waals surface area contributed by atoms with Gasteiger partial charge in [-0.1, -0.05) is 48.5 Å².